The second kappa shape index (κ2) is 10.0. The number of nitrogens with zero attached hydrogens (tertiary/aromatic N) is 1. The lowest BCUT2D eigenvalue weighted by atomic mass is 10.3. The summed E-state index contributed by atoms with van der Waals surface area (Å²) in [6.07, 6.45) is -0.491. The molecule has 1 fully saturated rings. The second-order valence-corrected chi connectivity index (χ2v) is 6.01. The van der Waals surface area contributed by atoms with Gasteiger partial charge in [0, 0.05) is 43.7 Å². The van der Waals surface area contributed by atoms with Gasteiger partial charge < -0.3 is 15.4 Å². The Kier molecular flexibility index (Phi) is 8.78. The van der Waals surface area contributed by atoms with Gasteiger partial charge >= 0.3 is 0 Å². The van der Waals surface area contributed by atoms with Gasteiger partial charge in [0.05, 0.1) is 0 Å². The Morgan fingerprint density at radius 2 is 2.00 bits per heavy atom. The van der Waals surface area contributed by atoms with Crippen molar-refractivity contribution in [3.8, 4) is 5.75 Å². The van der Waals surface area contributed by atoms with Crippen LogP contribution in [0.2, 0.25) is 0 Å². The van der Waals surface area contributed by atoms with Crippen LogP contribution in [0.4, 0.5) is 0 Å². The molecule has 124 valence electrons. The normalized spacial score (nSPS) is 16.5. The molecule has 1 saturated heterocycles. The van der Waals surface area contributed by atoms with E-state index in [9.17, 15) is 4.79 Å². The molecule has 1 aliphatic heterocycles. The number of hydrogen-bond acceptors (Lipinski definition) is 4. The van der Waals surface area contributed by atoms with Gasteiger partial charge in [0.2, 0.25) is 0 Å². The number of rotatable bonds is 6. The maximum absolute atomic E-state index is 12.0. The number of halogens is 2. The largest absolute Gasteiger partial charge is 0.481 e. The molecule has 5 nitrogen and oxygen atoms in total. The summed E-state index contributed by atoms with van der Waals surface area (Å²) in [5, 5.41) is 6.24. The highest BCUT2D eigenvalue weighted by Gasteiger charge is 2.15. The van der Waals surface area contributed by atoms with Crippen molar-refractivity contribution in [2.24, 2.45) is 0 Å². The average Bonchev–Trinajstić information content (AvgIpc) is 2.50. The lowest BCUT2D eigenvalue weighted by Crippen LogP contribution is -2.47. The fraction of sp³-hybridized carbons (Fsp3) is 0.533. The molecule has 22 heavy (non-hydrogen) atoms. The van der Waals surface area contributed by atoms with Crippen molar-refractivity contribution in [3.63, 3.8) is 0 Å². The first-order chi connectivity index (χ1) is 10.1. The minimum Gasteiger partial charge on any atom is -0.481 e. The van der Waals surface area contributed by atoms with Crippen molar-refractivity contribution in [2.75, 3.05) is 39.3 Å². The Morgan fingerprint density at radius 3 is 2.64 bits per heavy atom. The van der Waals surface area contributed by atoms with Gasteiger partial charge in [-0.3, -0.25) is 9.69 Å². The Morgan fingerprint density at radius 1 is 1.36 bits per heavy atom. The molecule has 1 aromatic carbocycles. The first-order valence-corrected chi connectivity index (χ1v) is 8.07. The van der Waals surface area contributed by atoms with E-state index in [4.69, 9.17) is 4.74 Å². The number of piperazine rings is 1. The van der Waals surface area contributed by atoms with Gasteiger partial charge in [0.1, 0.15) is 5.75 Å². The van der Waals surface area contributed by atoms with Crippen molar-refractivity contribution in [1.82, 2.24) is 15.5 Å². The molecule has 0 bridgehead atoms. The van der Waals surface area contributed by atoms with Crippen LogP contribution in [-0.2, 0) is 4.79 Å². The number of carbonyl (C=O) groups excluding carboxylic acids is 1. The first-order valence-electron chi connectivity index (χ1n) is 7.28. The van der Waals surface area contributed by atoms with Crippen LogP contribution in [-0.4, -0.2) is 56.2 Å². The molecular weight excluding hydrogens is 370 g/mol. The SMILES string of the molecule is CC(Oc1ccc(Br)cc1)C(=O)NCCN1CCNCC1.Cl. The van der Waals surface area contributed by atoms with E-state index in [1.807, 2.05) is 24.3 Å². The predicted molar refractivity (Wildman–Crippen MR) is 93.8 cm³/mol. The number of nitrogens with one attached hydrogen (secondary N) is 2. The van der Waals surface area contributed by atoms with Crippen LogP contribution in [0.25, 0.3) is 0 Å². The lowest BCUT2D eigenvalue weighted by Gasteiger charge is -2.27. The van der Waals surface area contributed by atoms with E-state index in [2.05, 4.69) is 31.5 Å². The van der Waals surface area contributed by atoms with Gasteiger partial charge in [-0.1, -0.05) is 15.9 Å². The number of carbonyl (C=O) groups is 1. The van der Waals surface area contributed by atoms with Gasteiger partial charge in [0.25, 0.3) is 5.91 Å². The van der Waals surface area contributed by atoms with Crippen molar-refractivity contribution >= 4 is 34.2 Å². The molecule has 0 aromatic heterocycles. The van der Waals surface area contributed by atoms with Crippen LogP contribution >= 0.6 is 28.3 Å². The zero-order valence-corrected chi connectivity index (χ0v) is 15.1. The molecule has 1 atom stereocenters. The number of hydrogen-bond donors (Lipinski definition) is 2. The monoisotopic (exact) mass is 391 g/mol. The summed E-state index contributed by atoms with van der Waals surface area (Å²) in [6, 6.07) is 7.47. The summed E-state index contributed by atoms with van der Waals surface area (Å²) in [7, 11) is 0. The minimum atomic E-state index is -0.491. The predicted octanol–water partition coefficient (Wildman–Crippen LogP) is 1.66. The minimum absolute atomic E-state index is 0. The van der Waals surface area contributed by atoms with Crippen molar-refractivity contribution in [3.05, 3.63) is 28.7 Å². The lowest BCUT2D eigenvalue weighted by molar-refractivity contribution is -0.127. The molecule has 0 aliphatic carbocycles. The van der Waals surface area contributed by atoms with Crippen LogP contribution < -0.4 is 15.4 Å². The van der Waals surface area contributed by atoms with E-state index in [1.165, 1.54) is 0 Å². The molecular formula is C15H23BrClN3O2. The van der Waals surface area contributed by atoms with E-state index in [0.29, 0.717) is 12.3 Å². The highest BCUT2D eigenvalue weighted by atomic mass is 79.9. The zero-order chi connectivity index (χ0) is 15.1. The van der Waals surface area contributed by atoms with E-state index < -0.39 is 6.10 Å². The Hall–Kier alpha value is -0.820. The second-order valence-electron chi connectivity index (χ2n) is 5.10. The summed E-state index contributed by atoms with van der Waals surface area (Å²) < 4.78 is 6.61. The van der Waals surface area contributed by atoms with Gasteiger partial charge in [-0.25, -0.2) is 0 Å². The molecule has 7 heteroatoms. The quantitative estimate of drug-likeness (QED) is 0.773. The fourth-order valence-electron chi connectivity index (χ4n) is 2.19. The van der Waals surface area contributed by atoms with E-state index in [0.717, 1.165) is 37.2 Å². The van der Waals surface area contributed by atoms with Crippen LogP contribution in [0.5, 0.6) is 5.75 Å². The summed E-state index contributed by atoms with van der Waals surface area (Å²) in [4.78, 5) is 14.3. The third kappa shape index (κ3) is 6.52. The van der Waals surface area contributed by atoms with Crippen LogP contribution in [0.1, 0.15) is 6.92 Å². The molecule has 1 heterocycles. The summed E-state index contributed by atoms with van der Waals surface area (Å²) in [5.74, 6) is 0.621. The average molecular weight is 393 g/mol. The van der Waals surface area contributed by atoms with Gasteiger partial charge in [-0.2, -0.15) is 0 Å². The van der Waals surface area contributed by atoms with Gasteiger partial charge in [-0.05, 0) is 31.2 Å². The molecule has 2 rings (SSSR count). The van der Waals surface area contributed by atoms with Crippen molar-refractivity contribution in [2.45, 2.75) is 13.0 Å². The maximum atomic E-state index is 12.0. The summed E-state index contributed by atoms with van der Waals surface area (Å²) in [5.41, 5.74) is 0. The smallest absolute Gasteiger partial charge is 0.260 e. The topological polar surface area (TPSA) is 53.6 Å². The molecule has 1 unspecified atom stereocenters. The van der Waals surface area contributed by atoms with E-state index in [-0.39, 0.29) is 18.3 Å². The molecule has 0 spiro atoms. The first kappa shape index (κ1) is 19.2. The Bertz CT molecular complexity index is 453. The van der Waals surface area contributed by atoms with Gasteiger partial charge in [0.15, 0.2) is 6.10 Å². The molecule has 0 radical (unpaired) electrons. The third-order valence-corrected chi connectivity index (χ3v) is 3.96. The third-order valence-electron chi connectivity index (χ3n) is 3.43. The van der Waals surface area contributed by atoms with E-state index in [1.54, 1.807) is 6.92 Å². The van der Waals surface area contributed by atoms with Crippen molar-refractivity contribution in [1.29, 1.82) is 0 Å². The number of benzene rings is 1. The molecule has 2 N–H and O–H groups in total. The number of ether oxygens (including phenoxy) is 1. The van der Waals surface area contributed by atoms with Gasteiger partial charge in [-0.15, -0.1) is 12.4 Å². The molecule has 1 aliphatic rings. The Labute approximate surface area is 146 Å². The Balaban J connectivity index is 0.00000242. The summed E-state index contributed by atoms with van der Waals surface area (Å²) in [6.45, 7) is 7.45. The van der Waals surface area contributed by atoms with E-state index >= 15 is 0 Å². The number of amides is 1. The highest BCUT2D eigenvalue weighted by molar-refractivity contribution is 9.10. The van der Waals surface area contributed by atoms with Crippen LogP contribution in [0.15, 0.2) is 28.7 Å². The fourth-order valence-corrected chi connectivity index (χ4v) is 2.45. The highest BCUT2D eigenvalue weighted by Crippen LogP contribution is 2.17. The van der Waals surface area contributed by atoms with Crippen molar-refractivity contribution < 1.29 is 9.53 Å². The summed E-state index contributed by atoms with van der Waals surface area (Å²) >= 11 is 3.37. The standard InChI is InChI=1S/C15H22BrN3O2.ClH/c1-12(21-14-4-2-13(16)3-5-14)15(20)18-8-11-19-9-6-17-7-10-19;/h2-5,12,17H,6-11H2,1H3,(H,18,20);1H. The molecule has 0 saturated carbocycles. The van der Waals surface area contributed by atoms with Crippen LogP contribution in [0, 0.1) is 0 Å². The van der Waals surface area contributed by atoms with Crippen LogP contribution in [0.3, 0.4) is 0 Å². The molecule has 1 amide bonds. The maximum Gasteiger partial charge on any atom is 0.260 e. The molecule has 1 aromatic rings. The zero-order valence-electron chi connectivity index (χ0n) is 12.7.